The Labute approximate surface area is 519 Å². The van der Waals surface area contributed by atoms with Crippen molar-refractivity contribution in [2.75, 3.05) is 76.2 Å². The fourth-order valence-electron chi connectivity index (χ4n) is 12.1. The highest BCUT2D eigenvalue weighted by molar-refractivity contribution is 7.99. The number of carbonyl (C=O) groups excluding carboxylic acids is 3. The van der Waals surface area contributed by atoms with Crippen molar-refractivity contribution in [1.29, 1.82) is 0 Å². The van der Waals surface area contributed by atoms with Gasteiger partial charge in [-0.05, 0) is 151 Å². The first kappa shape index (κ1) is 65.5. The summed E-state index contributed by atoms with van der Waals surface area (Å²) < 4.78 is 101. The van der Waals surface area contributed by atoms with Crippen LogP contribution in [0.4, 0.5) is 18.9 Å². The van der Waals surface area contributed by atoms with Crippen molar-refractivity contribution in [3.05, 3.63) is 160 Å². The number of morpholine rings is 1. The van der Waals surface area contributed by atoms with Crippen molar-refractivity contribution in [3.8, 4) is 5.75 Å². The second-order valence-corrected chi connectivity index (χ2v) is 27.6. The van der Waals surface area contributed by atoms with Gasteiger partial charge in [0.25, 0.3) is 15.7 Å². The van der Waals surface area contributed by atoms with Gasteiger partial charge in [0.2, 0.25) is 12.4 Å². The molecule has 87 heavy (non-hydrogen) atoms. The summed E-state index contributed by atoms with van der Waals surface area (Å²) in [7, 11) is -5.86. The monoisotopic (exact) mass is 1260 g/mol. The summed E-state index contributed by atoms with van der Waals surface area (Å²) in [6.07, 6.45) is 0.277. The molecule has 5 aromatic carbocycles. The third-order valence-electron chi connectivity index (χ3n) is 17.1. The van der Waals surface area contributed by atoms with Crippen LogP contribution in [0.5, 0.6) is 5.75 Å². The van der Waals surface area contributed by atoms with Crippen LogP contribution in [0.1, 0.15) is 99.8 Å². The molecule has 0 bridgehead atoms. The van der Waals surface area contributed by atoms with Crippen molar-refractivity contribution in [2.24, 2.45) is 17.3 Å². The molecule has 0 spiro atoms. The average molecular weight is 1260 g/mol. The largest absolute Gasteiger partial charge is 0.501 e. The summed E-state index contributed by atoms with van der Waals surface area (Å²) in [6, 6.07) is 36.1. The fourth-order valence-corrected chi connectivity index (χ4v) is 14.3. The Hall–Kier alpha value is -5.93. The number of anilines is 1. The minimum atomic E-state index is -5.86. The van der Waals surface area contributed by atoms with Crippen molar-refractivity contribution >= 4 is 62.3 Å². The van der Waals surface area contributed by atoms with E-state index in [2.05, 4.69) is 40.7 Å². The van der Waals surface area contributed by atoms with Crippen LogP contribution in [0.3, 0.4) is 0 Å². The first-order valence-electron chi connectivity index (χ1n) is 30.0. The lowest BCUT2D eigenvalue weighted by molar-refractivity contribution is -0.263. The number of thioether (sulfide) groups is 1. The van der Waals surface area contributed by atoms with Crippen LogP contribution < -0.4 is 9.64 Å². The zero-order valence-electron chi connectivity index (χ0n) is 50.4. The molecule has 6 atom stereocenters. The number of halogens is 4. The number of nitrogens with zero attached hydrogens (tertiary/aromatic N) is 4. The summed E-state index contributed by atoms with van der Waals surface area (Å²) in [4.78, 5) is 48.2. The quantitative estimate of drug-likeness (QED) is 0.0479. The number of ether oxygens (including phenoxy) is 5. The molecule has 1 aliphatic carbocycles. The molecule has 0 N–H and O–H groups in total. The molecule has 9 rings (SSSR count). The summed E-state index contributed by atoms with van der Waals surface area (Å²) in [5.74, 6) is -1.31. The minimum absolute atomic E-state index is 0.0430. The molecule has 4 aliphatic rings. The minimum Gasteiger partial charge on any atom is -0.461 e. The predicted molar refractivity (Wildman–Crippen MR) is 332 cm³/mol. The SMILES string of the molecule is CC(=O)O[C@@H]1[C@H](Oc2ccc(CN(Cc3ccc(CC(CCN4CCOCC4)CSc4ccccc4)c(S(=O)(=O)C(F)(F)F)c3)C(=O)c3ccc(N4CCN(CC5=C(c6ccc(Cl)cc6)CCC(C)(C)C5)CC4)cc3)cc2)O[C@@H](C)[C@@H](C)[C@H]1OC(C)=O. The van der Waals surface area contributed by atoms with E-state index in [4.69, 9.17) is 35.3 Å². The van der Waals surface area contributed by atoms with Gasteiger partial charge in [-0.3, -0.25) is 24.2 Å². The first-order chi connectivity index (χ1) is 41.5. The lowest BCUT2D eigenvalue weighted by atomic mass is 9.73. The number of allylic oxidation sites excluding steroid dienone is 1. The van der Waals surface area contributed by atoms with E-state index < -0.39 is 62.7 Å². The number of carbonyl (C=O) groups is 3. The molecular weight excluding hydrogens is 1180 g/mol. The van der Waals surface area contributed by atoms with Gasteiger partial charge in [0, 0.05) is 106 Å². The number of amides is 1. The molecule has 5 aromatic rings. The highest BCUT2D eigenvalue weighted by atomic mass is 35.5. The molecule has 3 aliphatic heterocycles. The van der Waals surface area contributed by atoms with Gasteiger partial charge < -0.3 is 33.5 Å². The Bertz CT molecular complexity index is 3290. The maximum Gasteiger partial charge on any atom is 0.501 e. The van der Waals surface area contributed by atoms with E-state index in [9.17, 15) is 36.0 Å². The van der Waals surface area contributed by atoms with E-state index in [0.717, 1.165) is 86.7 Å². The van der Waals surface area contributed by atoms with Crippen LogP contribution in [0.2, 0.25) is 5.02 Å². The van der Waals surface area contributed by atoms with Crippen molar-refractivity contribution in [1.82, 2.24) is 14.7 Å². The topological polar surface area (TPSA) is 144 Å². The Kier molecular flexibility index (Phi) is 21.9. The molecule has 3 fully saturated rings. The van der Waals surface area contributed by atoms with E-state index >= 15 is 0 Å². The Morgan fingerprint density at radius 1 is 0.793 bits per heavy atom. The van der Waals surface area contributed by atoms with Gasteiger partial charge in [-0.1, -0.05) is 92.5 Å². The number of hydrogen-bond acceptors (Lipinski definition) is 14. The smallest absolute Gasteiger partial charge is 0.461 e. The lowest BCUT2D eigenvalue weighted by Crippen LogP contribution is -2.57. The van der Waals surface area contributed by atoms with E-state index in [1.165, 1.54) is 41.5 Å². The molecule has 3 heterocycles. The number of esters is 2. The van der Waals surface area contributed by atoms with Gasteiger partial charge in [-0.25, -0.2) is 8.42 Å². The summed E-state index contributed by atoms with van der Waals surface area (Å²) in [5.41, 5.74) is 0.840. The van der Waals surface area contributed by atoms with Crippen LogP contribution in [-0.4, -0.2) is 142 Å². The van der Waals surface area contributed by atoms with Crippen LogP contribution in [0.15, 0.2) is 137 Å². The number of sulfone groups is 1. The average Bonchev–Trinajstić information content (AvgIpc) is 1.57. The summed E-state index contributed by atoms with van der Waals surface area (Å²) >= 11 is 7.85. The van der Waals surface area contributed by atoms with Crippen molar-refractivity contribution in [2.45, 2.75) is 127 Å². The molecule has 1 amide bonds. The van der Waals surface area contributed by atoms with Crippen molar-refractivity contribution in [3.63, 3.8) is 0 Å². The number of rotatable bonds is 22. The zero-order valence-corrected chi connectivity index (χ0v) is 52.8. The van der Waals surface area contributed by atoms with Crippen LogP contribution in [0, 0.1) is 17.3 Å². The van der Waals surface area contributed by atoms with E-state index in [1.807, 2.05) is 61.5 Å². The molecule has 3 saturated heterocycles. The molecule has 0 aromatic heterocycles. The zero-order chi connectivity index (χ0) is 62.0. The second-order valence-electron chi connectivity index (χ2n) is 24.2. The van der Waals surface area contributed by atoms with Crippen LogP contribution >= 0.6 is 23.4 Å². The van der Waals surface area contributed by atoms with E-state index in [-0.39, 0.29) is 47.9 Å². The maximum absolute atomic E-state index is 15.0. The molecule has 0 radical (unpaired) electrons. The molecule has 1 unspecified atom stereocenters. The fraction of sp³-hybridized carbons (Fsp3) is 0.478. The first-order valence-corrected chi connectivity index (χ1v) is 32.8. The summed E-state index contributed by atoms with van der Waals surface area (Å²) in [6.45, 7) is 17.9. The third kappa shape index (κ3) is 17.5. The molecule has 468 valence electrons. The summed E-state index contributed by atoms with van der Waals surface area (Å²) in [5, 5.41) is 0.719. The Balaban J connectivity index is 0.969. The molecule has 14 nitrogen and oxygen atoms in total. The van der Waals surface area contributed by atoms with Gasteiger partial charge in [0.1, 0.15) is 11.9 Å². The Morgan fingerprint density at radius 3 is 2.09 bits per heavy atom. The number of hydrogen-bond donors (Lipinski definition) is 0. The van der Waals surface area contributed by atoms with Crippen molar-refractivity contribution < 1.29 is 59.7 Å². The number of alkyl halides is 3. The molecular formula is C67H80ClF3N4O10S2. The Morgan fingerprint density at radius 2 is 1.44 bits per heavy atom. The molecule has 20 heteroatoms. The third-order valence-corrected chi connectivity index (χ3v) is 20.1. The lowest BCUT2D eigenvalue weighted by Gasteiger charge is -2.42. The van der Waals surface area contributed by atoms with Gasteiger partial charge in [-0.15, -0.1) is 11.8 Å². The number of piperazine rings is 1. The van der Waals surface area contributed by atoms with Gasteiger partial charge in [-0.2, -0.15) is 13.2 Å². The van der Waals surface area contributed by atoms with Gasteiger partial charge in [0.05, 0.1) is 24.2 Å². The standard InChI is InChI=1S/C67H80ClF3N4O10S2/c1-45-46(2)82-65(63(84-48(4)77)62(45)83-47(3)76)85-58-24-13-49(14-25-58)41-75(64(78)53-18-22-57(23-19-53)74-32-30-73(31-33-74)43-55-40-66(5,6)28-26-60(55)52-16-20-56(68)21-17-52)42-50-12-15-54(61(39-50)87(79,80)67(69,70)71)38-51(27-29-72-34-36-81-37-35-72)44-86-59-10-8-7-9-11-59/h7-25,39,45-46,51,62-63,65H,26-38,40-44H2,1-6H3/t45-,46+,51?,62-,63+,65+/m1/s1. The van der Waals surface area contributed by atoms with Gasteiger partial charge >= 0.3 is 17.4 Å². The van der Waals surface area contributed by atoms with E-state index in [0.29, 0.717) is 48.8 Å². The van der Waals surface area contributed by atoms with Crippen LogP contribution in [0.25, 0.3) is 5.57 Å². The van der Waals surface area contributed by atoms with Crippen LogP contribution in [-0.2, 0) is 57.9 Å². The normalized spacial score (nSPS) is 21.7. The second kappa shape index (κ2) is 29.1. The number of benzene rings is 5. The highest BCUT2D eigenvalue weighted by Crippen LogP contribution is 2.43. The maximum atomic E-state index is 15.0. The molecule has 0 saturated carbocycles. The highest BCUT2D eigenvalue weighted by Gasteiger charge is 2.49. The van der Waals surface area contributed by atoms with E-state index in [1.54, 1.807) is 61.2 Å². The predicted octanol–water partition coefficient (Wildman–Crippen LogP) is 12.6. The van der Waals surface area contributed by atoms with Gasteiger partial charge in [0.15, 0.2) is 0 Å².